The Morgan fingerprint density at radius 2 is 2.00 bits per heavy atom. The van der Waals surface area contributed by atoms with Gasteiger partial charge in [0.2, 0.25) is 0 Å². The van der Waals surface area contributed by atoms with E-state index in [1.807, 2.05) is 0 Å². The van der Waals surface area contributed by atoms with Crippen LogP contribution in [0.2, 0.25) is 0 Å². The molecular formula is C12H14N2O4. The van der Waals surface area contributed by atoms with Crippen molar-refractivity contribution in [3.05, 3.63) is 30.9 Å². The zero-order valence-electron chi connectivity index (χ0n) is 9.64. The molecule has 1 aromatic rings. The minimum atomic E-state index is -0.503. The summed E-state index contributed by atoms with van der Waals surface area (Å²) in [6.45, 7) is 3.51. The second-order valence-electron chi connectivity index (χ2n) is 3.50. The fourth-order valence-corrected chi connectivity index (χ4v) is 1.18. The number of carbonyl (C=O) groups excluding carboxylic acids is 2. The molecular weight excluding hydrogens is 236 g/mol. The Bertz CT molecular complexity index is 471. The SMILES string of the molecule is C=CC(=O)CCNC(=O)Nc1ccc(O)c(O)c1. The van der Waals surface area contributed by atoms with Gasteiger partial charge in [0, 0.05) is 24.7 Å². The van der Waals surface area contributed by atoms with Crippen molar-refractivity contribution in [3.8, 4) is 11.5 Å². The van der Waals surface area contributed by atoms with E-state index in [-0.39, 0.29) is 30.2 Å². The Labute approximate surface area is 104 Å². The molecule has 0 atom stereocenters. The quantitative estimate of drug-likeness (QED) is 0.360. The molecule has 0 bridgehead atoms. The molecule has 0 unspecified atom stereocenters. The molecule has 0 aromatic heterocycles. The number of phenolic OH excluding ortho intramolecular Hbond substituents is 2. The van der Waals surface area contributed by atoms with Gasteiger partial charge in [0.1, 0.15) is 0 Å². The van der Waals surface area contributed by atoms with E-state index in [0.29, 0.717) is 5.69 Å². The van der Waals surface area contributed by atoms with Crippen LogP contribution in [-0.2, 0) is 4.79 Å². The molecule has 0 aliphatic carbocycles. The third kappa shape index (κ3) is 4.17. The molecule has 0 radical (unpaired) electrons. The van der Waals surface area contributed by atoms with Gasteiger partial charge in [-0.25, -0.2) is 4.79 Å². The van der Waals surface area contributed by atoms with E-state index in [4.69, 9.17) is 5.11 Å². The van der Waals surface area contributed by atoms with Gasteiger partial charge in [0.15, 0.2) is 17.3 Å². The van der Waals surface area contributed by atoms with Crippen molar-refractivity contribution in [2.45, 2.75) is 6.42 Å². The summed E-state index contributed by atoms with van der Waals surface area (Å²) in [5.41, 5.74) is 0.331. The van der Waals surface area contributed by atoms with E-state index >= 15 is 0 Å². The summed E-state index contributed by atoms with van der Waals surface area (Å²) in [5.74, 6) is -0.746. The summed E-state index contributed by atoms with van der Waals surface area (Å²) in [7, 11) is 0. The Morgan fingerprint density at radius 3 is 2.61 bits per heavy atom. The van der Waals surface area contributed by atoms with Crippen molar-refractivity contribution in [2.75, 3.05) is 11.9 Å². The number of anilines is 1. The first-order chi connectivity index (χ1) is 8.52. The van der Waals surface area contributed by atoms with Crippen LogP contribution in [0.15, 0.2) is 30.9 Å². The van der Waals surface area contributed by atoms with Crippen molar-refractivity contribution < 1.29 is 19.8 Å². The Hall–Kier alpha value is -2.50. The van der Waals surface area contributed by atoms with Crippen molar-refractivity contribution in [2.24, 2.45) is 0 Å². The zero-order chi connectivity index (χ0) is 13.5. The number of urea groups is 1. The zero-order valence-corrected chi connectivity index (χ0v) is 9.64. The number of allylic oxidation sites excluding steroid dienone is 1. The molecule has 18 heavy (non-hydrogen) atoms. The van der Waals surface area contributed by atoms with Gasteiger partial charge in [-0.2, -0.15) is 0 Å². The maximum Gasteiger partial charge on any atom is 0.319 e. The first-order valence-corrected chi connectivity index (χ1v) is 5.25. The molecule has 0 fully saturated rings. The molecule has 1 aromatic carbocycles. The number of ketones is 1. The van der Waals surface area contributed by atoms with E-state index in [1.54, 1.807) is 0 Å². The maximum absolute atomic E-state index is 11.4. The van der Waals surface area contributed by atoms with Crippen LogP contribution >= 0.6 is 0 Å². The number of hydrogen-bond donors (Lipinski definition) is 4. The lowest BCUT2D eigenvalue weighted by Crippen LogP contribution is -2.30. The molecule has 6 heteroatoms. The molecule has 0 aliphatic rings. The van der Waals surface area contributed by atoms with E-state index in [2.05, 4.69) is 17.2 Å². The number of phenols is 2. The van der Waals surface area contributed by atoms with Crippen molar-refractivity contribution >= 4 is 17.5 Å². The van der Waals surface area contributed by atoms with E-state index < -0.39 is 6.03 Å². The predicted octanol–water partition coefficient (Wildman–Crippen LogP) is 1.36. The van der Waals surface area contributed by atoms with Crippen LogP contribution in [0.3, 0.4) is 0 Å². The lowest BCUT2D eigenvalue weighted by atomic mass is 10.3. The van der Waals surface area contributed by atoms with Gasteiger partial charge < -0.3 is 20.8 Å². The van der Waals surface area contributed by atoms with Gasteiger partial charge in [-0.05, 0) is 18.2 Å². The summed E-state index contributed by atoms with van der Waals surface area (Å²) in [6, 6.07) is 3.40. The largest absolute Gasteiger partial charge is 0.504 e. The second kappa shape index (κ2) is 6.29. The average Bonchev–Trinajstić information content (AvgIpc) is 2.33. The molecule has 6 nitrogen and oxygen atoms in total. The lowest BCUT2D eigenvalue weighted by Gasteiger charge is -2.07. The number of nitrogens with one attached hydrogen (secondary N) is 2. The highest BCUT2D eigenvalue weighted by molar-refractivity contribution is 5.91. The maximum atomic E-state index is 11.4. The summed E-state index contributed by atoms with van der Waals surface area (Å²) < 4.78 is 0. The van der Waals surface area contributed by atoms with Crippen molar-refractivity contribution in [1.82, 2.24) is 5.32 Å². The number of carbonyl (C=O) groups is 2. The molecule has 0 saturated carbocycles. The fourth-order valence-electron chi connectivity index (χ4n) is 1.18. The standard InChI is InChI=1S/C12H14N2O4/c1-2-9(15)5-6-13-12(18)14-8-3-4-10(16)11(17)7-8/h2-4,7,16-17H,1,5-6H2,(H2,13,14,18). The molecule has 96 valence electrons. The van der Waals surface area contributed by atoms with Crippen LogP contribution in [0.4, 0.5) is 10.5 Å². The molecule has 0 heterocycles. The van der Waals surface area contributed by atoms with E-state index in [9.17, 15) is 14.7 Å². The van der Waals surface area contributed by atoms with Crippen molar-refractivity contribution in [1.29, 1.82) is 0 Å². The van der Waals surface area contributed by atoms with Gasteiger partial charge >= 0.3 is 6.03 Å². The summed E-state index contributed by atoms with van der Waals surface area (Å²) >= 11 is 0. The second-order valence-corrected chi connectivity index (χ2v) is 3.50. The van der Waals surface area contributed by atoms with Gasteiger partial charge in [-0.15, -0.1) is 0 Å². The highest BCUT2D eigenvalue weighted by Crippen LogP contribution is 2.27. The lowest BCUT2D eigenvalue weighted by molar-refractivity contribution is -0.114. The number of amides is 2. The van der Waals surface area contributed by atoms with Crippen LogP contribution in [-0.4, -0.2) is 28.6 Å². The molecule has 2 amide bonds. The van der Waals surface area contributed by atoms with E-state index in [1.165, 1.54) is 24.3 Å². The van der Waals surface area contributed by atoms with Crippen LogP contribution in [0.25, 0.3) is 0 Å². The van der Waals surface area contributed by atoms with Crippen LogP contribution in [0.1, 0.15) is 6.42 Å². The third-order valence-corrected chi connectivity index (χ3v) is 2.12. The monoisotopic (exact) mass is 250 g/mol. The Morgan fingerprint density at radius 1 is 1.28 bits per heavy atom. The Balaban J connectivity index is 2.42. The number of hydrogen-bond acceptors (Lipinski definition) is 4. The van der Waals surface area contributed by atoms with Crippen LogP contribution < -0.4 is 10.6 Å². The minimum absolute atomic E-state index is 0.155. The number of aromatic hydroxyl groups is 2. The first-order valence-electron chi connectivity index (χ1n) is 5.25. The minimum Gasteiger partial charge on any atom is -0.504 e. The summed E-state index contributed by atoms with van der Waals surface area (Å²) in [5, 5.41) is 23.2. The van der Waals surface area contributed by atoms with Gasteiger partial charge in [0.05, 0.1) is 0 Å². The topological polar surface area (TPSA) is 98.7 Å². The van der Waals surface area contributed by atoms with Gasteiger partial charge in [-0.3, -0.25) is 4.79 Å². The Kier molecular flexibility index (Phi) is 4.74. The molecule has 0 spiro atoms. The molecule has 1 rings (SSSR count). The number of benzene rings is 1. The van der Waals surface area contributed by atoms with Crippen LogP contribution in [0.5, 0.6) is 11.5 Å². The summed E-state index contributed by atoms with van der Waals surface area (Å²) in [4.78, 5) is 22.3. The highest BCUT2D eigenvalue weighted by Gasteiger charge is 2.05. The normalized spacial score (nSPS) is 9.56. The third-order valence-electron chi connectivity index (χ3n) is 2.12. The van der Waals surface area contributed by atoms with Crippen LogP contribution in [0, 0.1) is 0 Å². The fraction of sp³-hybridized carbons (Fsp3) is 0.167. The van der Waals surface area contributed by atoms with Crippen molar-refractivity contribution in [3.63, 3.8) is 0 Å². The van der Waals surface area contributed by atoms with Gasteiger partial charge in [0.25, 0.3) is 0 Å². The molecule has 0 saturated heterocycles. The average molecular weight is 250 g/mol. The predicted molar refractivity (Wildman–Crippen MR) is 66.6 cm³/mol. The van der Waals surface area contributed by atoms with E-state index in [0.717, 1.165) is 0 Å². The van der Waals surface area contributed by atoms with Gasteiger partial charge in [-0.1, -0.05) is 6.58 Å². The smallest absolute Gasteiger partial charge is 0.319 e. The number of rotatable bonds is 5. The molecule has 4 N–H and O–H groups in total. The summed E-state index contributed by atoms with van der Waals surface area (Å²) in [6.07, 6.45) is 1.37. The molecule has 0 aliphatic heterocycles. The highest BCUT2D eigenvalue weighted by atomic mass is 16.3. The first kappa shape index (κ1) is 13.6.